The number of carbonyl (C=O) groups excluding carboxylic acids is 1. The van der Waals surface area contributed by atoms with Gasteiger partial charge in [-0.15, -0.1) is 0 Å². The zero-order valence-corrected chi connectivity index (χ0v) is 8.58. The number of phenolic OH excluding ortho intramolecular Hbond substituents is 1. The fraction of sp³-hybridized carbons (Fsp3) is 0.300. The highest BCUT2D eigenvalue weighted by molar-refractivity contribution is 5.90. The third-order valence-electron chi connectivity index (χ3n) is 1.88. The molecule has 1 aromatic rings. The maximum Gasteiger partial charge on any atom is 0.319 e. The molecular weight excluding hydrogens is 194 g/mol. The average molecular weight is 209 g/mol. The fourth-order valence-corrected chi connectivity index (χ4v) is 1.14. The van der Waals surface area contributed by atoms with Crippen molar-refractivity contribution in [2.24, 2.45) is 5.73 Å². The smallest absolute Gasteiger partial charge is 0.319 e. The van der Waals surface area contributed by atoms with Crippen molar-refractivity contribution in [1.29, 1.82) is 0 Å². The number of phenols is 1. The molecule has 1 rings (SSSR count). The van der Waals surface area contributed by atoms with Crippen molar-refractivity contribution in [3.05, 3.63) is 23.8 Å². The number of rotatable bonds is 3. The van der Waals surface area contributed by atoms with E-state index in [-0.39, 0.29) is 11.8 Å². The van der Waals surface area contributed by atoms with Gasteiger partial charge in [0.25, 0.3) is 0 Å². The van der Waals surface area contributed by atoms with Gasteiger partial charge in [-0.2, -0.15) is 0 Å². The van der Waals surface area contributed by atoms with Crippen LogP contribution in [0.5, 0.6) is 5.75 Å². The number of hydrogen-bond donors (Lipinski definition) is 4. The highest BCUT2D eigenvalue weighted by atomic mass is 16.3. The first-order valence-electron chi connectivity index (χ1n) is 4.74. The number of urea groups is 1. The van der Waals surface area contributed by atoms with Crippen molar-refractivity contribution < 1.29 is 9.90 Å². The van der Waals surface area contributed by atoms with Crippen LogP contribution in [0, 0.1) is 0 Å². The Morgan fingerprint density at radius 3 is 2.80 bits per heavy atom. The molecule has 0 saturated heterocycles. The molecule has 0 fully saturated rings. The Morgan fingerprint density at radius 1 is 1.53 bits per heavy atom. The molecule has 0 aliphatic carbocycles. The van der Waals surface area contributed by atoms with Gasteiger partial charge in [-0.1, -0.05) is 6.07 Å². The number of aromatic hydroxyl groups is 1. The van der Waals surface area contributed by atoms with E-state index in [1.54, 1.807) is 12.1 Å². The van der Waals surface area contributed by atoms with Crippen LogP contribution in [-0.4, -0.2) is 17.7 Å². The number of amides is 2. The van der Waals surface area contributed by atoms with Gasteiger partial charge in [0.15, 0.2) is 0 Å². The van der Waals surface area contributed by atoms with Gasteiger partial charge in [-0.25, -0.2) is 4.79 Å². The summed E-state index contributed by atoms with van der Waals surface area (Å²) in [5.74, 6) is 0.0178. The van der Waals surface area contributed by atoms with Crippen molar-refractivity contribution >= 4 is 11.7 Å². The van der Waals surface area contributed by atoms with Gasteiger partial charge >= 0.3 is 6.03 Å². The van der Waals surface area contributed by atoms with Crippen molar-refractivity contribution in [3.63, 3.8) is 0 Å². The van der Waals surface area contributed by atoms with Crippen LogP contribution in [0.3, 0.4) is 0 Å². The van der Waals surface area contributed by atoms with Gasteiger partial charge in [0.2, 0.25) is 0 Å². The van der Waals surface area contributed by atoms with Gasteiger partial charge in [-0.3, -0.25) is 0 Å². The molecule has 0 heterocycles. The molecule has 0 atom stereocenters. The molecule has 0 aliphatic rings. The summed E-state index contributed by atoms with van der Waals surface area (Å²) in [5.41, 5.74) is 6.59. The van der Waals surface area contributed by atoms with E-state index in [1.165, 1.54) is 6.07 Å². The molecular formula is C10H15N3O2. The van der Waals surface area contributed by atoms with E-state index < -0.39 is 0 Å². The zero-order chi connectivity index (χ0) is 11.3. The number of carbonyl (C=O) groups is 1. The Morgan fingerprint density at radius 2 is 2.27 bits per heavy atom. The van der Waals surface area contributed by atoms with Crippen LogP contribution in [-0.2, 0) is 6.54 Å². The zero-order valence-electron chi connectivity index (χ0n) is 8.58. The molecule has 0 aromatic heterocycles. The molecule has 5 heteroatoms. The lowest BCUT2D eigenvalue weighted by Crippen LogP contribution is -2.28. The third-order valence-corrected chi connectivity index (χ3v) is 1.88. The molecule has 0 radical (unpaired) electrons. The lowest BCUT2D eigenvalue weighted by molar-refractivity contribution is 0.252. The minimum Gasteiger partial charge on any atom is -0.506 e. The van der Waals surface area contributed by atoms with Crippen LogP contribution in [0.15, 0.2) is 18.2 Å². The minimum atomic E-state index is -0.340. The highest BCUT2D eigenvalue weighted by Gasteiger charge is 2.05. The second kappa shape index (κ2) is 5.21. The van der Waals surface area contributed by atoms with E-state index in [0.717, 1.165) is 5.56 Å². The van der Waals surface area contributed by atoms with Crippen molar-refractivity contribution in [1.82, 2.24) is 5.32 Å². The van der Waals surface area contributed by atoms with Gasteiger partial charge < -0.3 is 21.5 Å². The topological polar surface area (TPSA) is 87.4 Å². The van der Waals surface area contributed by atoms with Crippen LogP contribution in [0.1, 0.15) is 12.5 Å². The van der Waals surface area contributed by atoms with Crippen LogP contribution in [0.4, 0.5) is 10.5 Å². The number of hydrogen-bond acceptors (Lipinski definition) is 3. The third kappa shape index (κ3) is 3.14. The predicted octanol–water partition coefficient (Wildman–Crippen LogP) is 0.992. The Balaban J connectivity index is 2.73. The van der Waals surface area contributed by atoms with E-state index >= 15 is 0 Å². The van der Waals surface area contributed by atoms with E-state index in [4.69, 9.17) is 5.73 Å². The van der Waals surface area contributed by atoms with Gasteiger partial charge in [0, 0.05) is 13.1 Å². The monoisotopic (exact) mass is 209 g/mol. The summed E-state index contributed by atoms with van der Waals surface area (Å²) < 4.78 is 0. The second-order valence-corrected chi connectivity index (χ2v) is 3.04. The Bertz CT molecular complexity index is 353. The van der Waals surface area contributed by atoms with Gasteiger partial charge in [0.1, 0.15) is 5.75 Å². The lowest BCUT2D eigenvalue weighted by Gasteiger charge is -2.08. The van der Waals surface area contributed by atoms with Crippen LogP contribution >= 0.6 is 0 Å². The highest BCUT2D eigenvalue weighted by Crippen LogP contribution is 2.23. The van der Waals surface area contributed by atoms with Crippen LogP contribution in [0.25, 0.3) is 0 Å². The van der Waals surface area contributed by atoms with E-state index in [0.29, 0.717) is 18.8 Å². The van der Waals surface area contributed by atoms with E-state index in [9.17, 15) is 9.90 Å². The van der Waals surface area contributed by atoms with E-state index in [1.807, 2.05) is 6.92 Å². The average Bonchev–Trinajstić information content (AvgIpc) is 2.21. The first-order chi connectivity index (χ1) is 7.17. The second-order valence-electron chi connectivity index (χ2n) is 3.04. The maximum atomic E-state index is 11.2. The Labute approximate surface area is 88.3 Å². The first-order valence-corrected chi connectivity index (χ1v) is 4.74. The number of anilines is 1. The van der Waals surface area contributed by atoms with Crippen molar-refractivity contribution in [2.45, 2.75) is 13.5 Å². The van der Waals surface area contributed by atoms with Crippen molar-refractivity contribution in [2.75, 3.05) is 11.9 Å². The molecule has 0 spiro atoms. The number of nitrogens with one attached hydrogen (secondary N) is 2. The number of benzene rings is 1. The summed E-state index contributed by atoms with van der Waals surface area (Å²) in [6, 6.07) is 4.56. The summed E-state index contributed by atoms with van der Waals surface area (Å²) >= 11 is 0. The molecule has 82 valence electrons. The molecule has 0 saturated carbocycles. The minimum absolute atomic E-state index is 0.0178. The molecule has 5 N–H and O–H groups in total. The Kier molecular flexibility index (Phi) is 3.93. The molecule has 1 aromatic carbocycles. The lowest BCUT2D eigenvalue weighted by atomic mass is 10.2. The summed E-state index contributed by atoms with van der Waals surface area (Å²) in [6.45, 7) is 2.71. The number of nitrogens with two attached hydrogens (primary N) is 1. The summed E-state index contributed by atoms with van der Waals surface area (Å²) in [5, 5.41) is 14.6. The largest absolute Gasteiger partial charge is 0.506 e. The SMILES string of the molecule is CCNC(=O)Nc1ccc(CN)cc1O. The van der Waals surface area contributed by atoms with Gasteiger partial charge in [-0.05, 0) is 24.6 Å². The van der Waals surface area contributed by atoms with Crippen molar-refractivity contribution in [3.8, 4) is 5.75 Å². The maximum absolute atomic E-state index is 11.2. The molecule has 0 bridgehead atoms. The molecule has 0 aliphatic heterocycles. The molecule has 0 unspecified atom stereocenters. The molecule has 2 amide bonds. The summed E-state index contributed by atoms with van der Waals surface area (Å²) in [7, 11) is 0. The normalized spacial score (nSPS) is 9.73. The molecule has 15 heavy (non-hydrogen) atoms. The van der Waals surface area contributed by atoms with E-state index in [2.05, 4.69) is 10.6 Å². The summed E-state index contributed by atoms with van der Waals surface area (Å²) in [4.78, 5) is 11.2. The Hall–Kier alpha value is -1.75. The predicted molar refractivity (Wildman–Crippen MR) is 58.7 cm³/mol. The summed E-state index contributed by atoms with van der Waals surface area (Å²) in [6.07, 6.45) is 0. The standard InChI is InChI=1S/C10H15N3O2/c1-2-12-10(15)13-8-4-3-7(6-11)5-9(8)14/h3-5,14H,2,6,11H2,1H3,(H2,12,13,15). The van der Waals surface area contributed by atoms with Crippen LogP contribution in [0.2, 0.25) is 0 Å². The molecule has 5 nitrogen and oxygen atoms in total. The first kappa shape index (κ1) is 11.3. The van der Waals surface area contributed by atoms with Gasteiger partial charge in [0.05, 0.1) is 5.69 Å². The fourth-order valence-electron chi connectivity index (χ4n) is 1.14. The van der Waals surface area contributed by atoms with Crippen LogP contribution < -0.4 is 16.4 Å². The quantitative estimate of drug-likeness (QED) is 0.560.